The van der Waals surface area contributed by atoms with E-state index in [4.69, 9.17) is 0 Å². The number of carbonyl (C=O) groups is 1. The van der Waals surface area contributed by atoms with Gasteiger partial charge in [-0.2, -0.15) is 0 Å². The van der Waals surface area contributed by atoms with Crippen molar-refractivity contribution in [3.8, 4) is 0 Å². The molecule has 0 unspecified atom stereocenters. The molecule has 2 aliphatic rings. The van der Waals surface area contributed by atoms with Crippen LogP contribution in [0.1, 0.15) is 56.1 Å². The summed E-state index contributed by atoms with van der Waals surface area (Å²) < 4.78 is 0. The average molecular weight is 243 g/mol. The second-order valence-electron chi connectivity index (χ2n) is 6.09. The lowest BCUT2D eigenvalue weighted by Crippen LogP contribution is -2.40. The second-order valence-corrected chi connectivity index (χ2v) is 6.09. The number of hydrogen-bond donors (Lipinski definition) is 1. The molecule has 1 aliphatic carbocycles. The lowest BCUT2D eigenvalue weighted by Gasteiger charge is -2.40. The molecule has 1 aromatic carbocycles. The monoisotopic (exact) mass is 243 g/mol. The van der Waals surface area contributed by atoms with Crippen molar-refractivity contribution in [3.05, 3.63) is 35.4 Å². The van der Waals surface area contributed by atoms with E-state index in [0.717, 1.165) is 19.4 Å². The fourth-order valence-electron chi connectivity index (χ4n) is 3.41. The summed E-state index contributed by atoms with van der Waals surface area (Å²) >= 11 is 0. The highest BCUT2D eigenvalue weighted by Crippen LogP contribution is 2.54. The van der Waals surface area contributed by atoms with Crippen LogP contribution in [0.15, 0.2) is 24.3 Å². The fraction of sp³-hybridized carbons (Fsp3) is 0.562. The molecule has 1 aromatic rings. The standard InChI is InChI=1S/C16H21NO/c1-11(2)12-4-6-13(7-5-12)14-10-17-15(18)16(14)8-3-9-16/h4-7,11,14H,3,8-10H2,1-2H3,(H,17,18)/t14-/m0/s1. The SMILES string of the molecule is CC(C)c1ccc([C@@H]2CNC(=O)C23CCC3)cc1. The first-order valence-electron chi connectivity index (χ1n) is 7.02. The van der Waals surface area contributed by atoms with Crippen LogP contribution in [-0.4, -0.2) is 12.5 Å². The maximum atomic E-state index is 12.0. The highest BCUT2D eigenvalue weighted by Gasteiger charge is 2.54. The molecule has 0 radical (unpaired) electrons. The molecular weight excluding hydrogens is 222 g/mol. The molecule has 96 valence electrons. The third kappa shape index (κ3) is 1.58. The molecule has 1 spiro atoms. The Morgan fingerprint density at radius 3 is 2.39 bits per heavy atom. The van der Waals surface area contributed by atoms with Crippen LogP contribution in [0.5, 0.6) is 0 Å². The molecule has 1 amide bonds. The van der Waals surface area contributed by atoms with Gasteiger partial charge in [0, 0.05) is 12.5 Å². The van der Waals surface area contributed by atoms with Crippen LogP contribution in [0.2, 0.25) is 0 Å². The summed E-state index contributed by atoms with van der Waals surface area (Å²) in [6.07, 6.45) is 3.33. The highest BCUT2D eigenvalue weighted by atomic mass is 16.2. The van der Waals surface area contributed by atoms with E-state index < -0.39 is 0 Å². The van der Waals surface area contributed by atoms with Crippen LogP contribution in [0, 0.1) is 5.41 Å². The van der Waals surface area contributed by atoms with E-state index in [9.17, 15) is 4.79 Å². The Bertz CT molecular complexity index is 456. The molecular formula is C16H21NO. The highest BCUT2D eigenvalue weighted by molar-refractivity contribution is 5.87. The predicted octanol–water partition coefficient (Wildman–Crippen LogP) is 3.19. The minimum atomic E-state index is -0.0701. The second kappa shape index (κ2) is 4.11. The van der Waals surface area contributed by atoms with E-state index in [0.29, 0.717) is 11.8 Å². The first-order chi connectivity index (χ1) is 8.63. The molecule has 0 aromatic heterocycles. The summed E-state index contributed by atoms with van der Waals surface area (Å²) in [5.74, 6) is 1.24. The van der Waals surface area contributed by atoms with Gasteiger partial charge in [-0.25, -0.2) is 0 Å². The summed E-state index contributed by atoms with van der Waals surface area (Å²) in [5, 5.41) is 3.06. The van der Waals surface area contributed by atoms with Crippen LogP contribution in [0.3, 0.4) is 0 Å². The molecule has 2 heteroatoms. The van der Waals surface area contributed by atoms with Gasteiger partial charge in [-0.1, -0.05) is 44.5 Å². The summed E-state index contributed by atoms with van der Waals surface area (Å²) in [6, 6.07) is 8.88. The van der Waals surface area contributed by atoms with Crippen LogP contribution in [0.25, 0.3) is 0 Å². The van der Waals surface area contributed by atoms with E-state index >= 15 is 0 Å². The molecule has 1 atom stereocenters. The van der Waals surface area contributed by atoms with Gasteiger partial charge in [0.05, 0.1) is 5.41 Å². The Balaban J connectivity index is 1.88. The molecule has 18 heavy (non-hydrogen) atoms. The predicted molar refractivity (Wildman–Crippen MR) is 72.6 cm³/mol. The van der Waals surface area contributed by atoms with E-state index in [1.54, 1.807) is 0 Å². The zero-order valence-electron chi connectivity index (χ0n) is 11.2. The van der Waals surface area contributed by atoms with E-state index in [-0.39, 0.29) is 11.3 Å². The topological polar surface area (TPSA) is 29.1 Å². The van der Waals surface area contributed by atoms with Crippen LogP contribution in [-0.2, 0) is 4.79 Å². The van der Waals surface area contributed by atoms with Gasteiger partial charge in [0.25, 0.3) is 0 Å². The molecule has 0 bridgehead atoms. The van der Waals surface area contributed by atoms with E-state index in [1.807, 2.05) is 0 Å². The number of amides is 1. The van der Waals surface area contributed by atoms with Crippen LogP contribution < -0.4 is 5.32 Å². The number of benzene rings is 1. The van der Waals surface area contributed by atoms with Crippen molar-refractivity contribution >= 4 is 5.91 Å². The van der Waals surface area contributed by atoms with Gasteiger partial charge < -0.3 is 5.32 Å². The molecule has 3 rings (SSSR count). The van der Waals surface area contributed by atoms with Gasteiger partial charge in [-0.15, -0.1) is 0 Å². The van der Waals surface area contributed by atoms with Crippen molar-refractivity contribution < 1.29 is 4.79 Å². The fourth-order valence-corrected chi connectivity index (χ4v) is 3.41. The number of rotatable bonds is 2. The molecule has 1 saturated carbocycles. The zero-order valence-corrected chi connectivity index (χ0v) is 11.2. The summed E-state index contributed by atoms with van der Waals surface area (Å²) in [5.41, 5.74) is 2.63. The number of nitrogens with one attached hydrogen (secondary N) is 1. The quantitative estimate of drug-likeness (QED) is 0.849. The normalized spacial score (nSPS) is 25.3. The molecule has 2 nitrogen and oxygen atoms in total. The summed E-state index contributed by atoms with van der Waals surface area (Å²) in [4.78, 5) is 12.0. The first-order valence-corrected chi connectivity index (χ1v) is 7.02. The van der Waals surface area contributed by atoms with Crippen LogP contribution >= 0.6 is 0 Å². The Labute approximate surface area is 109 Å². The Kier molecular flexibility index (Phi) is 2.69. The van der Waals surface area contributed by atoms with Gasteiger partial charge in [-0.3, -0.25) is 4.79 Å². The van der Waals surface area contributed by atoms with Crippen LogP contribution in [0.4, 0.5) is 0 Å². The molecule has 1 heterocycles. The van der Waals surface area contributed by atoms with E-state index in [1.165, 1.54) is 17.5 Å². The van der Waals surface area contributed by atoms with Crippen molar-refractivity contribution in [1.29, 1.82) is 0 Å². The lowest BCUT2D eigenvalue weighted by molar-refractivity contribution is -0.132. The molecule has 2 fully saturated rings. The first kappa shape index (κ1) is 11.8. The summed E-state index contributed by atoms with van der Waals surface area (Å²) in [6.45, 7) is 5.24. The van der Waals surface area contributed by atoms with Crippen molar-refractivity contribution in [1.82, 2.24) is 5.32 Å². The van der Waals surface area contributed by atoms with Gasteiger partial charge in [0.2, 0.25) is 5.91 Å². The molecule has 1 saturated heterocycles. The van der Waals surface area contributed by atoms with Crippen molar-refractivity contribution in [3.63, 3.8) is 0 Å². The number of carbonyl (C=O) groups excluding carboxylic acids is 1. The smallest absolute Gasteiger partial charge is 0.226 e. The van der Waals surface area contributed by atoms with Gasteiger partial charge in [-0.05, 0) is 29.9 Å². The summed E-state index contributed by atoms with van der Waals surface area (Å²) in [7, 11) is 0. The van der Waals surface area contributed by atoms with Gasteiger partial charge in [0.15, 0.2) is 0 Å². The Hall–Kier alpha value is -1.31. The lowest BCUT2D eigenvalue weighted by atomic mass is 9.60. The van der Waals surface area contributed by atoms with Crippen molar-refractivity contribution in [2.45, 2.75) is 44.9 Å². The maximum Gasteiger partial charge on any atom is 0.226 e. The van der Waals surface area contributed by atoms with Crippen molar-refractivity contribution in [2.24, 2.45) is 5.41 Å². The minimum Gasteiger partial charge on any atom is -0.355 e. The molecule has 1 aliphatic heterocycles. The Morgan fingerprint density at radius 1 is 1.22 bits per heavy atom. The third-order valence-corrected chi connectivity index (χ3v) is 4.84. The van der Waals surface area contributed by atoms with Crippen molar-refractivity contribution in [2.75, 3.05) is 6.54 Å². The maximum absolute atomic E-state index is 12.0. The van der Waals surface area contributed by atoms with Gasteiger partial charge in [0.1, 0.15) is 0 Å². The molecule has 1 N–H and O–H groups in total. The number of hydrogen-bond acceptors (Lipinski definition) is 1. The average Bonchev–Trinajstić information content (AvgIpc) is 2.66. The largest absolute Gasteiger partial charge is 0.355 e. The van der Waals surface area contributed by atoms with E-state index in [2.05, 4.69) is 43.4 Å². The van der Waals surface area contributed by atoms with Gasteiger partial charge >= 0.3 is 0 Å². The Morgan fingerprint density at radius 2 is 1.89 bits per heavy atom. The minimum absolute atomic E-state index is 0.0701. The third-order valence-electron chi connectivity index (χ3n) is 4.84. The zero-order chi connectivity index (χ0) is 12.8.